The van der Waals surface area contributed by atoms with Crippen molar-refractivity contribution in [3.63, 3.8) is 0 Å². The van der Waals surface area contributed by atoms with Gasteiger partial charge in [-0.2, -0.15) is 0 Å². The highest BCUT2D eigenvalue weighted by atomic mass is 15.1. The molecule has 0 saturated carbocycles. The maximum atomic E-state index is 4.65. The minimum atomic E-state index is 0.893. The van der Waals surface area contributed by atoms with Crippen LogP contribution in [0.5, 0.6) is 0 Å². The molecule has 0 aliphatic heterocycles. The Morgan fingerprint density at radius 1 is 1.00 bits per heavy atom. The van der Waals surface area contributed by atoms with Gasteiger partial charge in [-0.05, 0) is 31.2 Å². The summed E-state index contributed by atoms with van der Waals surface area (Å²) >= 11 is 0. The number of pyridine rings is 1. The van der Waals surface area contributed by atoms with Crippen LogP contribution in [0, 0.1) is 6.92 Å². The molecule has 3 heteroatoms. The van der Waals surface area contributed by atoms with Crippen molar-refractivity contribution in [3.05, 3.63) is 54.0 Å². The highest BCUT2D eigenvalue weighted by Crippen LogP contribution is 2.20. The summed E-state index contributed by atoms with van der Waals surface area (Å²) < 4.78 is 2.14. The number of rotatable bonds is 2. The van der Waals surface area contributed by atoms with E-state index in [4.69, 9.17) is 0 Å². The first kappa shape index (κ1) is 11.0. The maximum Gasteiger partial charge on any atom is 0.164 e. The van der Waals surface area contributed by atoms with Gasteiger partial charge in [0.15, 0.2) is 5.65 Å². The quantitative estimate of drug-likeness (QED) is 0.684. The molecule has 3 nitrogen and oxygen atoms in total. The lowest BCUT2D eigenvalue weighted by Crippen LogP contribution is -2.00. The van der Waals surface area contributed by atoms with E-state index in [1.54, 1.807) is 0 Å². The molecule has 90 valence electrons. The van der Waals surface area contributed by atoms with E-state index in [1.165, 1.54) is 0 Å². The van der Waals surface area contributed by atoms with E-state index >= 15 is 0 Å². The third-order valence-electron chi connectivity index (χ3n) is 3.04. The SMILES string of the molecule is CCc1nc2ccc(C)nc2n1-c1ccccc1. The summed E-state index contributed by atoms with van der Waals surface area (Å²) in [5.41, 5.74) is 4.04. The van der Waals surface area contributed by atoms with Crippen LogP contribution in [0.3, 0.4) is 0 Å². The smallest absolute Gasteiger partial charge is 0.164 e. The molecule has 0 saturated heterocycles. The second-order valence-electron chi connectivity index (χ2n) is 4.35. The van der Waals surface area contributed by atoms with Gasteiger partial charge < -0.3 is 0 Å². The first-order valence-corrected chi connectivity index (χ1v) is 6.20. The number of hydrogen-bond donors (Lipinski definition) is 0. The van der Waals surface area contributed by atoms with E-state index in [-0.39, 0.29) is 0 Å². The van der Waals surface area contributed by atoms with Crippen molar-refractivity contribution < 1.29 is 0 Å². The molecule has 0 N–H and O–H groups in total. The Morgan fingerprint density at radius 2 is 1.78 bits per heavy atom. The molecule has 0 atom stereocenters. The van der Waals surface area contributed by atoms with Crippen LogP contribution < -0.4 is 0 Å². The fourth-order valence-corrected chi connectivity index (χ4v) is 2.18. The summed E-state index contributed by atoms with van der Waals surface area (Å²) in [6, 6.07) is 14.3. The Balaban J connectivity index is 2.35. The van der Waals surface area contributed by atoms with Gasteiger partial charge in [-0.1, -0.05) is 25.1 Å². The van der Waals surface area contributed by atoms with E-state index in [9.17, 15) is 0 Å². The van der Waals surface area contributed by atoms with Gasteiger partial charge >= 0.3 is 0 Å². The Hall–Kier alpha value is -2.16. The van der Waals surface area contributed by atoms with Crippen LogP contribution in [0.25, 0.3) is 16.9 Å². The molecule has 18 heavy (non-hydrogen) atoms. The fourth-order valence-electron chi connectivity index (χ4n) is 2.18. The first-order valence-electron chi connectivity index (χ1n) is 6.20. The van der Waals surface area contributed by atoms with Crippen molar-refractivity contribution in [1.29, 1.82) is 0 Å². The van der Waals surface area contributed by atoms with Gasteiger partial charge in [-0.3, -0.25) is 4.57 Å². The monoisotopic (exact) mass is 237 g/mol. The molecule has 0 fully saturated rings. The zero-order chi connectivity index (χ0) is 12.5. The Morgan fingerprint density at radius 3 is 2.50 bits per heavy atom. The Kier molecular flexibility index (Phi) is 2.59. The van der Waals surface area contributed by atoms with Crippen LogP contribution in [0.1, 0.15) is 18.4 Å². The molecule has 3 aromatic rings. The van der Waals surface area contributed by atoms with Gasteiger partial charge in [0.05, 0.1) is 0 Å². The molecule has 1 aromatic carbocycles. The lowest BCUT2D eigenvalue weighted by molar-refractivity contribution is 0.900. The summed E-state index contributed by atoms with van der Waals surface area (Å²) in [6.45, 7) is 4.13. The second kappa shape index (κ2) is 4.26. The molecule has 2 heterocycles. The first-order chi connectivity index (χ1) is 8.79. The van der Waals surface area contributed by atoms with E-state index in [0.717, 1.165) is 34.8 Å². The Labute approximate surface area is 106 Å². The van der Waals surface area contributed by atoms with E-state index in [2.05, 4.69) is 33.6 Å². The van der Waals surface area contributed by atoms with Gasteiger partial charge in [0.1, 0.15) is 11.3 Å². The second-order valence-corrected chi connectivity index (χ2v) is 4.35. The number of para-hydroxylation sites is 1. The standard InChI is InChI=1S/C15H15N3/c1-3-14-17-13-10-9-11(2)16-15(13)18(14)12-7-5-4-6-8-12/h4-10H,3H2,1-2H3. The highest BCUT2D eigenvalue weighted by molar-refractivity contribution is 5.74. The molecule has 0 radical (unpaired) electrons. The number of aryl methyl sites for hydroxylation is 2. The number of nitrogens with zero attached hydrogens (tertiary/aromatic N) is 3. The van der Waals surface area contributed by atoms with Gasteiger partial charge in [-0.15, -0.1) is 0 Å². The van der Waals surface area contributed by atoms with E-state index < -0.39 is 0 Å². The van der Waals surface area contributed by atoms with Crippen molar-refractivity contribution in [2.45, 2.75) is 20.3 Å². The van der Waals surface area contributed by atoms with Crippen LogP contribution in [0.4, 0.5) is 0 Å². The molecule has 2 aromatic heterocycles. The molecule has 0 unspecified atom stereocenters. The predicted molar refractivity (Wildman–Crippen MR) is 73.0 cm³/mol. The number of benzene rings is 1. The summed E-state index contributed by atoms with van der Waals surface area (Å²) in [5.74, 6) is 1.05. The summed E-state index contributed by atoms with van der Waals surface area (Å²) in [4.78, 5) is 9.27. The predicted octanol–water partition coefficient (Wildman–Crippen LogP) is 3.29. The molecule has 0 aliphatic rings. The number of aromatic nitrogens is 3. The summed E-state index contributed by atoms with van der Waals surface area (Å²) in [7, 11) is 0. The minimum Gasteiger partial charge on any atom is -0.281 e. The van der Waals surface area contributed by atoms with Crippen LogP contribution >= 0.6 is 0 Å². The normalized spacial score (nSPS) is 11.0. The van der Waals surface area contributed by atoms with Gasteiger partial charge in [0.2, 0.25) is 0 Å². The maximum absolute atomic E-state index is 4.65. The van der Waals surface area contributed by atoms with Gasteiger partial charge in [0, 0.05) is 17.8 Å². The minimum absolute atomic E-state index is 0.893. The van der Waals surface area contributed by atoms with Crippen LogP contribution in [-0.2, 0) is 6.42 Å². The number of imidazole rings is 1. The van der Waals surface area contributed by atoms with Crippen molar-refractivity contribution in [2.24, 2.45) is 0 Å². The van der Waals surface area contributed by atoms with Crippen LogP contribution in [-0.4, -0.2) is 14.5 Å². The third kappa shape index (κ3) is 1.68. The highest BCUT2D eigenvalue weighted by Gasteiger charge is 2.11. The zero-order valence-corrected chi connectivity index (χ0v) is 10.6. The molecule has 0 aliphatic carbocycles. The van der Waals surface area contributed by atoms with Crippen LogP contribution in [0.15, 0.2) is 42.5 Å². The zero-order valence-electron chi connectivity index (χ0n) is 10.6. The topological polar surface area (TPSA) is 30.7 Å². The lowest BCUT2D eigenvalue weighted by Gasteiger charge is -2.07. The average Bonchev–Trinajstić information content (AvgIpc) is 2.77. The van der Waals surface area contributed by atoms with Gasteiger partial charge in [-0.25, -0.2) is 9.97 Å². The van der Waals surface area contributed by atoms with Crippen molar-refractivity contribution in [2.75, 3.05) is 0 Å². The molecular formula is C15H15N3. The van der Waals surface area contributed by atoms with E-state index in [1.807, 2.05) is 37.3 Å². The molecule has 3 rings (SSSR count). The molecule has 0 amide bonds. The van der Waals surface area contributed by atoms with Crippen molar-refractivity contribution >= 4 is 11.2 Å². The Bertz CT molecular complexity index is 684. The average molecular weight is 237 g/mol. The largest absolute Gasteiger partial charge is 0.281 e. The number of hydrogen-bond acceptors (Lipinski definition) is 2. The van der Waals surface area contributed by atoms with Crippen molar-refractivity contribution in [1.82, 2.24) is 14.5 Å². The van der Waals surface area contributed by atoms with Crippen LogP contribution in [0.2, 0.25) is 0 Å². The lowest BCUT2D eigenvalue weighted by atomic mass is 10.3. The van der Waals surface area contributed by atoms with E-state index in [0.29, 0.717) is 0 Å². The van der Waals surface area contributed by atoms with Gasteiger partial charge in [0.25, 0.3) is 0 Å². The molecular weight excluding hydrogens is 222 g/mol. The fraction of sp³-hybridized carbons (Fsp3) is 0.200. The number of fused-ring (bicyclic) bond motifs is 1. The van der Waals surface area contributed by atoms with Crippen molar-refractivity contribution in [3.8, 4) is 5.69 Å². The molecule has 0 spiro atoms. The molecule has 0 bridgehead atoms. The summed E-state index contributed by atoms with van der Waals surface area (Å²) in [6.07, 6.45) is 0.893. The third-order valence-corrected chi connectivity index (χ3v) is 3.04. The summed E-state index contributed by atoms with van der Waals surface area (Å²) in [5, 5.41) is 0.